The van der Waals surface area contributed by atoms with Gasteiger partial charge in [0.05, 0.1) is 11.0 Å². The quantitative estimate of drug-likeness (QED) is 0.621. The number of nitrogens with zero attached hydrogens (tertiary/aromatic N) is 2. The topological polar surface area (TPSA) is 46.9 Å². The van der Waals surface area contributed by atoms with Crippen LogP contribution < -0.4 is 5.32 Å². The van der Waals surface area contributed by atoms with Gasteiger partial charge in [0.2, 0.25) is 5.91 Å². The van der Waals surface area contributed by atoms with Gasteiger partial charge in [0, 0.05) is 25.9 Å². The largest absolute Gasteiger partial charge is 0.356 e. The van der Waals surface area contributed by atoms with E-state index in [1.165, 1.54) is 12.1 Å². The number of imidazole rings is 1. The van der Waals surface area contributed by atoms with Gasteiger partial charge in [-0.1, -0.05) is 31.2 Å². The Morgan fingerprint density at radius 1 is 1.15 bits per heavy atom. The Bertz CT molecular complexity index is 871. The van der Waals surface area contributed by atoms with Gasteiger partial charge in [-0.05, 0) is 42.7 Å². The first-order valence-corrected chi connectivity index (χ1v) is 9.12. The van der Waals surface area contributed by atoms with Gasteiger partial charge >= 0.3 is 0 Å². The van der Waals surface area contributed by atoms with Gasteiger partial charge in [-0.2, -0.15) is 0 Å². The molecule has 0 aliphatic heterocycles. The molecule has 2 aromatic carbocycles. The minimum absolute atomic E-state index is 0.104. The minimum Gasteiger partial charge on any atom is -0.356 e. The molecule has 0 saturated heterocycles. The van der Waals surface area contributed by atoms with E-state index in [1.54, 1.807) is 12.1 Å². The molecule has 0 bridgehead atoms. The Morgan fingerprint density at radius 3 is 2.69 bits per heavy atom. The average Bonchev–Trinajstić information content (AvgIpc) is 2.98. The van der Waals surface area contributed by atoms with Crippen molar-refractivity contribution in [3.05, 3.63) is 65.7 Å². The van der Waals surface area contributed by atoms with Crippen LogP contribution in [-0.4, -0.2) is 22.0 Å². The van der Waals surface area contributed by atoms with Gasteiger partial charge < -0.3 is 9.88 Å². The number of benzene rings is 2. The number of fused-ring (bicyclic) bond motifs is 1. The van der Waals surface area contributed by atoms with E-state index < -0.39 is 0 Å². The van der Waals surface area contributed by atoms with Gasteiger partial charge in [0.1, 0.15) is 11.6 Å². The first kappa shape index (κ1) is 18.1. The van der Waals surface area contributed by atoms with Crippen molar-refractivity contribution in [2.45, 2.75) is 39.2 Å². The lowest BCUT2D eigenvalue weighted by atomic mass is 10.2. The summed E-state index contributed by atoms with van der Waals surface area (Å²) in [5, 5.41) is 2.95. The lowest BCUT2D eigenvalue weighted by Gasteiger charge is -2.10. The van der Waals surface area contributed by atoms with Crippen LogP contribution in [0.3, 0.4) is 0 Å². The smallest absolute Gasteiger partial charge is 0.219 e. The molecule has 0 aliphatic rings. The van der Waals surface area contributed by atoms with E-state index in [2.05, 4.69) is 16.0 Å². The molecule has 0 radical (unpaired) electrons. The third-order valence-corrected chi connectivity index (χ3v) is 4.36. The molecular weight excluding hydrogens is 329 g/mol. The molecular formula is C21H24FN3O. The van der Waals surface area contributed by atoms with Gasteiger partial charge in [0.15, 0.2) is 0 Å². The summed E-state index contributed by atoms with van der Waals surface area (Å²) in [7, 11) is 0. The van der Waals surface area contributed by atoms with Crippen LogP contribution in [0.5, 0.6) is 0 Å². The number of halogens is 1. The van der Waals surface area contributed by atoms with Crippen molar-refractivity contribution in [1.82, 2.24) is 14.9 Å². The molecule has 1 aromatic heterocycles. The maximum absolute atomic E-state index is 13.2. The number of aromatic nitrogens is 2. The maximum atomic E-state index is 13.2. The fourth-order valence-electron chi connectivity index (χ4n) is 3.05. The van der Waals surface area contributed by atoms with Crippen LogP contribution >= 0.6 is 0 Å². The predicted molar refractivity (Wildman–Crippen MR) is 101 cm³/mol. The Balaban J connectivity index is 1.74. The van der Waals surface area contributed by atoms with E-state index in [9.17, 15) is 9.18 Å². The van der Waals surface area contributed by atoms with Crippen molar-refractivity contribution in [3.8, 4) is 0 Å². The second-order valence-corrected chi connectivity index (χ2v) is 6.43. The average molecular weight is 353 g/mol. The molecule has 1 heterocycles. The van der Waals surface area contributed by atoms with E-state index in [0.717, 1.165) is 41.7 Å². The Hall–Kier alpha value is -2.69. The normalized spacial score (nSPS) is 11.0. The Morgan fingerprint density at radius 2 is 1.92 bits per heavy atom. The van der Waals surface area contributed by atoms with E-state index in [0.29, 0.717) is 19.5 Å². The number of hydrogen-bond acceptors (Lipinski definition) is 2. The van der Waals surface area contributed by atoms with E-state index >= 15 is 0 Å². The molecule has 0 aliphatic carbocycles. The maximum Gasteiger partial charge on any atom is 0.219 e. The zero-order valence-electron chi connectivity index (χ0n) is 15.0. The number of nitrogens with one attached hydrogen (secondary N) is 1. The van der Waals surface area contributed by atoms with Crippen molar-refractivity contribution in [1.29, 1.82) is 0 Å². The summed E-state index contributed by atoms with van der Waals surface area (Å²) in [5.74, 6) is 0.861. The molecule has 0 atom stereocenters. The summed E-state index contributed by atoms with van der Waals surface area (Å²) in [4.78, 5) is 16.3. The molecule has 1 N–H and O–H groups in total. The summed E-state index contributed by atoms with van der Waals surface area (Å²) in [6.45, 7) is 3.30. The van der Waals surface area contributed by atoms with Gasteiger partial charge in [0.25, 0.3) is 0 Å². The van der Waals surface area contributed by atoms with Gasteiger partial charge in [-0.25, -0.2) is 9.37 Å². The molecule has 0 saturated carbocycles. The second-order valence-electron chi connectivity index (χ2n) is 6.43. The van der Waals surface area contributed by atoms with Crippen LogP contribution in [0.15, 0.2) is 48.5 Å². The molecule has 3 aromatic rings. The number of aryl methyl sites for hydroxylation is 1. The fraction of sp³-hybridized carbons (Fsp3) is 0.333. The van der Waals surface area contributed by atoms with Crippen molar-refractivity contribution in [2.24, 2.45) is 0 Å². The predicted octanol–water partition coefficient (Wildman–Crippen LogP) is 4.07. The molecule has 0 fully saturated rings. The molecule has 1 amide bonds. The zero-order chi connectivity index (χ0) is 18.4. The second kappa shape index (κ2) is 8.61. The number of rotatable bonds is 8. The molecule has 0 unspecified atom stereocenters. The Kier molecular flexibility index (Phi) is 6.00. The highest BCUT2D eigenvalue weighted by Crippen LogP contribution is 2.19. The first-order valence-electron chi connectivity index (χ1n) is 9.12. The summed E-state index contributed by atoms with van der Waals surface area (Å²) >= 11 is 0. The highest BCUT2D eigenvalue weighted by molar-refractivity contribution is 5.76. The summed E-state index contributed by atoms with van der Waals surface area (Å²) in [6.07, 6.45) is 3.05. The summed E-state index contributed by atoms with van der Waals surface area (Å²) < 4.78 is 15.3. The number of para-hydroxylation sites is 2. The number of carbonyl (C=O) groups is 1. The van der Waals surface area contributed by atoms with Crippen molar-refractivity contribution < 1.29 is 9.18 Å². The van der Waals surface area contributed by atoms with Crippen LogP contribution in [-0.2, 0) is 17.8 Å². The third-order valence-electron chi connectivity index (χ3n) is 4.36. The van der Waals surface area contributed by atoms with E-state index in [-0.39, 0.29) is 11.7 Å². The minimum atomic E-state index is -0.229. The third kappa shape index (κ3) is 4.48. The summed E-state index contributed by atoms with van der Waals surface area (Å²) in [6, 6.07) is 14.6. The van der Waals surface area contributed by atoms with E-state index in [4.69, 9.17) is 4.98 Å². The van der Waals surface area contributed by atoms with Crippen LogP contribution in [0, 0.1) is 5.82 Å². The molecule has 26 heavy (non-hydrogen) atoms. The zero-order valence-corrected chi connectivity index (χ0v) is 15.0. The Labute approximate surface area is 153 Å². The van der Waals surface area contributed by atoms with Crippen molar-refractivity contribution in [3.63, 3.8) is 0 Å². The lowest BCUT2D eigenvalue weighted by molar-refractivity contribution is -0.121. The van der Waals surface area contributed by atoms with Crippen LogP contribution in [0.4, 0.5) is 4.39 Å². The SMILES string of the molecule is CCCC(=O)NCCCc1nc2ccccc2n1Cc1ccc(F)cc1. The van der Waals surface area contributed by atoms with Gasteiger partial charge in [-0.3, -0.25) is 4.79 Å². The molecule has 4 nitrogen and oxygen atoms in total. The van der Waals surface area contributed by atoms with Gasteiger partial charge in [-0.15, -0.1) is 0 Å². The first-order chi connectivity index (χ1) is 12.7. The van der Waals surface area contributed by atoms with Crippen molar-refractivity contribution in [2.75, 3.05) is 6.54 Å². The van der Waals surface area contributed by atoms with Crippen LogP contribution in [0.1, 0.15) is 37.6 Å². The summed E-state index contributed by atoms with van der Waals surface area (Å²) in [5.41, 5.74) is 3.06. The number of amides is 1. The highest BCUT2D eigenvalue weighted by Gasteiger charge is 2.11. The fourth-order valence-corrected chi connectivity index (χ4v) is 3.05. The monoisotopic (exact) mass is 353 g/mol. The van der Waals surface area contributed by atoms with Crippen molar-refractivity contribution >= 4 is 16.9 Å². The molecule has 0 spiro atoms. The lowest BCUT2D eigenvalue weighted by Crippen LogP contribution is -2.24. The highest BCUT2D eigenvalue weighted by atomic mass is 19.1. The standard InChI is InChI=1S/C21H24FN3O/c1-2-6-21(26)23-14-5-9-20-24-18-7-3-4-8-19(18)25(20)15-16-10-12-17(22)13-11-16/h3-4,7-8,10-13H,2,5-6,9,14-15H2,1H3,(H,23,26). The van der Waals surface area contributed by atoms with E-state index in [1.807, 2.05) is 25.1 Å². The number of hydrogen-bond donors (Lipinski definition) is 1. The molecule has 3 rings (SSSR count). The molecule has 136 valence electrons. The van der Waals surface area contributed by atoms with Crippen LogP contribution in [0.2, 0.25) is 0 Å². The van der Waals surface area contributed by atoms with Crippen LogP contribution in [0.25, 0.3) is 11.0 Å². The molecule has 5 heteroatoms. The number of carbonyl (C=O) groups excluding carboxylic acids is 1.